The Morgan fingerprint density at radius 3 is 1.98 bits per heavy atom. The number of ether oxygens (including phenoxy) is 6. The first-order chi connectivity index (χ1) is 27.4. The molecule has 1 spiro atoms. The smallest absolute Gasteiger partial charge is 0.340 e. The lowest BCUT2D eigenvalue weighted by Crippen LogP contribution is -2.33. The van der Waals surface area contributed by atoms with Crippen LogP contribution in [0.2, 0.25) is 0 Å². The zero-order valence-corrected chi connectivity index (χ0v) is 35.5. The van der Waals surface area contributed by atoms with E-state index in [9.17, 15) is 19.2 Å². The summed E-state index contributed by atoms with van der Waals surface area (Å²) in [6, 6.07) is 19.2. The molecule has 1 amide bonds. The van der Waals surface area contributed by atoms with E-state index in [0.717, 1.165) is 6.42 Å². The fourth-order valence-corrected chi connectivity index (χ4v) is 6.64. The maximum atomic E-state index is 13.0. The van der Waals surface area contributed by atoms with E-state index in [2.05, 4.69) is 5.32 Å². The minimum absolute atomic E-state index is 0.0401. The van der Waals surface area contributed by atoms with E-state index in [0.29, 0.717) is 84.6 Å². The van der Waals surface area contributed by atoms with Gasteiger partial charge in [-0.05, 0) is 78.3 Å². The second-order valence-electron chi connectivity index (χ2n) is 15.6. The van der Waals surface area contributed by atoms with Crippen LogP contribution in [0, 0.1) is 22.2 Å². The van der Waals surface area contributed by atoms with Crippen molar-refractivity contribution in [2.45, 2.75) is 73.0 Å². The van der Waals surface area contributed by atoms with Gasteiger partial charge in [0.1, 0.15) is 29.1 Å². The second kappa shape index (κ2) is 20.2. The predicted octanol–water partition coefficient (Wildman–Crippen LogP) is 7.59. The Labute approximate surface area is 341 Å². The van der Waals surface area contributed by atoms with Crippen LogP contribution in [0.15, 0.2) is 60.7 Å². The Morgan fingerprint density at radius 2 is 1.45 bits per heavy atom. The van der Waals surface area contributed by atoms with Crippen molar-refractivity contribution in [2.75, 3.05) is 46.7 Å². The predicted molar refractivity (Wildman–Crippen MR) is 215 cm³/mol. The van der Waals surface area contributed by atoms with Gasteiger partial charge in [0.05, 0.1) is 48.7 Å². The zero-order chi connectivity index (χ0) is 42.7. The molecule has 0 fully saturated rings. The standard InChI is InChI=1S/C30H28O7.C13H25N2O5P/c1-28(2,3)26(32)34-17-11-13-21-23(15-17)36-24-16-18(35-27(33)29(4,5)6)12-14-22(24)30(21)20-10-8-7-9-19(20)25(31)37-30;1-12(16)15-7-5-8-18-11-13(10-17-2)20-21(3)19-9-4-6-14/h7-16H,1-6H3;13H,4-5,7-11H2,1-3H3,(H,15,16). The molecule has 5 rings (SSSR count). The van der Waals surface area contributed by atoms with Crippen molar-refractivity contribution in [3.63, 3.8) is 0 Å². The molecule has 2 atom stereocenters. The monoisotopic (exact) mass is 820 g/mol. The Bertz CT molecular complexity index is 1900. The van der Waals surface area contributed by atoms with E-state index < -0.39 is 42.7 Å². The van der Waals surface area contributed by atoms with E-state index in [4.69, 9.17) is 42.7 Å². The number of methoxy groups -OCH3 is 1. The fourth-order valence-electron chi connectivity index (χ4n) is 5.69. The summed E-state index contributed by atoms with van der Waals surface area (Å²) in [5.41, 5.74) is -0.374. The molecular formula is C43H53N2O12P. The highest BCUT2D eigenvalue weighted by atomic mass is 31.2. The van der Waals surface area contributed by atoms with Gasteiger partial charge in [-0.25, -0.2) is 4.79 Å². The number of nitriles is 1. The van der Waals surface area contributed by atoms with E-state index >= 15 is 0 Å². The van der Waals surface area contributed by atoms with Crippen LogP contribution in [0.25, 0.3) is 0 Å². The Hall–Kier alpha value is -4.90. The normalized spacial score (nSPS) is 14.5. The summed E-state index contributed by atoms with van der Waals surface area (Å²) in [6.07, 6.45) is 0.901. The molecule has 0 aliphatic carbocycles. The molecule has 58 heavy (non-hydrogen) atoms. The summed E-state index contributed by atoms with van der Waals surface area (Å²) in [7, 11) is 0.551. The number of esters is 3. The van der Waals surface area contributed by atoms with E-state index in [1.165, 1.54) is 6.92 Å². The third-order valence-electron chi connectivity index (χ3n) is 8.58. The first kappa shape index (κ1) is 45.8. The Balaban J connectivity index is 0.000000304. The van der Waals surface area contributed by atoms with E-state index in [1.54, 1.807) is 97.2 Å². The molecular weight excluding hydrogens is 767 g/mol. The highest BCUT2D eigenvalue weighted by Crippen LogP contribution is 2.57. The number of fused-ring (bicyclic) bond motifs is 6. The number of hydrogen-bond acceptors (Lipinski definition) is 13. The van der Waals surface area contributed by atoms with Crippen LogP contribution in [0.3, 0.4) is 0 Å². The van der Waals surface area contributed by atoms with Gasteiger partial charge < -0.3 is 42.8 Å². The molecule has 0 aromatic heterocycles. The highest BCUT2D eigenvalue weighted by Gasteiger charge is 2.53. The third kappa shape index (κ3) is 11.8. The van der Waals surface area contributed by atoms with Crippen LogP contribution in [-0.4, -0.2) is 76.7 Å². The van der Waals surface area contributed by atoms with Gasteiger partial charge in [0, 0.05) is 62.7 Å². The molecule has 0 bridgehead atoms. The number of nitrogens with zero attached hydrogens (tertiary/aromatic N) is 1. The second-order valence-corrected chi connectivity index (χ2v) is 16.9. The van der Waals surface area contributed by atoms with Crippen molar-refractivity contribution in [1.82, 2.24) is 5.32 Å². The molecule has 14 nitrogen and oxygen atoms in total. The number of carbonyl (C=O) groups excluding carboxylic acids is 4. The van der Waals surface area contributed by atoms with Crippen molar-refractivity contribution in [1.29, 1.82) is 5.26 Å². The fraction of sp³-hybridized carbons (Fsp3) is 0.465. The van der Waals surface area contributed by atoms with Gasteiger partial charge in [0.25, 0.3) is 0 Å². The molecule has 2 unspecified atom stereocenters. The summed E-state index contributed by atoms with van der Waals surface area (Å²) < 4.78 is 45.2. The molecule has 3 aromatic carbocycles. The minimum Gasteiger partial charge on any atom is -0.456 e. The largest absolute Gasteiger partial charge is 0.456 e. The minimum atomic E-state index is -1.28. The van der Waals surface area contributed by atoms with Gasteiger partial charge in [-0.3, -0.25) is 14.4 Å². The summed E-state index contributed by atoms with van der Waals surface area (Å²) >= 11 is 0. The topological polar surface area (TPSA) is 178 Å². The molecule has 0 saturated carbocycles. The quantitative estimate of drug-likeness (QED) is 0.0687. The van der Waals surface area contributed by atoms with Gasteiger partial charge in [0.15, 0.2) is 14.0 Å². The average molecular weight is 821 g/mol. The molecule has 0 saturated heterocycles. The molecule has 2 aliphatic rings. The van der Waals surface area contributed by atoms with Crippen LogP contribution in [-0.2, 0) is 43.2 Å². The summed E-state index contributed by atoms with van der Waals surface area (Å²) in [5, 5.41) is 11.1. The van der Waals surface area contributed by atoms with Crippen molar-refractivity contribution >= 4 is 32.2 Å². The van der Waals surface area contributed by atoms with Crippen molar-refractivity contribution in [3.05, 3.63) is 82.9 Å². The Morgan fingerprint density at radius 1 is 0.862 bits per heavy atom. The Kier molecular flexibility index (Phi) is 15.9. The van der Waals surface area contributed by atoms with Crippen LogP contribution >= 0.6 is 8.38 Å². The van der Waals surface area contributed by atoms with Gasteiger partial charge >= 0.3 is 17.9 Å². The SMILES string of the molecule is CC(C)(C)C(=O)Oc1ccc2c(c1)Oc1cc(OC(=O)C(C)(C)C)ccc1C21OC(=O)c2ccccc21.COCC(COCCCNC(C)=O)OP(C)OCCC#N. The molecule has 312 valence electrons. The number of hydrogen-bond donors (Lipinski definition) is 1. The first-order valence-electron chi connectivity index (χ1n) is 18.9. The third-order valence-corrected chi connectivity index (χ3v) is 9.72. The van der Waals surface area contributed by atoms with Crippen molar-refractivity contribution in [2.24, 2.45) is 10.8 Å². The van der Waals surface area contributed by atoms with Crippen molar-refractivity contribution < 1.29 is 56.6 Å². The van der Waals surface area contributed by atoms with Crippen LogP contribution in [0.4, 0.5) is 0 Å². The van der Waals surface area contributed by atoms with Gasteiger partial charge in [0.2, 0.25) is 5.91 Å². The van der Waals surface area contributed by atoms with Gasteiger partial charge in [-0.15, -0.1) is 0 Å². The molecule has 15 heteroatoms. The molecule has 2 aliphatic heterocycles. The summed E-state index contributed by atoms with van der Waals surface area (Å²) in [4.78, 5) is 48.7. The lowest BCUT2D eigenvalue weighted by Gasteiger charge is -2.36. The zero-order valence-electron chi connectivity index (χ0n) is 34.6. The molecule has 3 aromatic rings. The number of benzene rings is 3. The van der Waals surface area contributed by atoms with E-state index in [1.807, 2.05) is 24.9 Å². The van der Waals surface area contributed by atoms with Crippen molar-refractivity contribution in [3.8, 4) is 29.1 Å². The number of nitrogens with one attached hydrogen (secondary N) is 1. The number of carbonyl (C=O) groups is 4. The van der Waals surface area contributed by atoms with Crippen LogP contribution in [0.5, 0.6) is 23.0 Å². The number of rotatable bonds is 15. The summed E-state index contributed by atoms with van der Waals surface area (Å²) in [6.45, 7) is 16.3. The maximum absolute atomic E-state index is 13.0. The lowest BCUT2D eigenvalue weighted by atomic mass is 9.77. The number of amides is 1. The maximum Gasteiger partial charge on any atom is 0.340 e. The lowest BCUT2D eigenvalue weighted by molar-refractivity contribution is -0.143. The van der Waals surface area contributed by atoms with Crippen LogP contribution < -0.4 is 19.5 Å². The van der Waals surface area contributed by atoms with Crippen LogP contribution in [0.1, 0.15) is 88.4 Å². The molecule has 0 radical (unpaired) electrons. The molecule has 2 heterocycles. The highest BCUT2D eigenvalue weighted by molar-refractivity contribution is 7.46. The van der Waals surface area contributed by atoms with Gasteiger partial charge in [-0.1, -0.05) is 18.2 Å². The van der Waals surface area contributed by atoms with E-state index in [-0.39, 0.29) is 12.0 Å². The summed E-state index contributed by atoms with van der Waals surface area (Å²) in [5.74, 6) is 0.0174. The van der Waals surface area contributed by atoms with Gasteiger partial charge in [-0.2, -0.15) is 5.26 Å². The molecule has 1 N–H and O–H groups in total. The first-order valence-corrected chi connectivity index (χ1v) is 20.5. The average Bonchev–Trinajstić information content (AvgIpc) is 3.44.